The molecule has 1 heterocycles. The van der Waals surface area contributed by atoms with Crippen LogP contribution in [0.1, 0.15) is 13.8 Å². The molecule has 0 amide bonds. The van der Waals surface area contributed by atoms with Crippen LogP contribution in [0.15, 0.2) is 154 Å². The van der Waals surface area contributed by atoms with Gasteiger partial charge in [0, 0.05) is 34.6 Å². The van der Waals surface area contributed by atoms with Crippen molar-refractivity contribution in [2.24, 2.45) is 0 Å². The van der Waals surface area contributed by atoms with Crippen molar-refractivity contribution in [3.8, 4) is 22.3 Å². The Morgan fingerprint density at radius 2 is 0.833 bits per heavy atom. The van der Waals surface area contributed by atoms with E-state index in [4.69, 9.17) is 8.39 Å². The Bertz CT molecular complexity index is 2510. The Morgan fingerprint density at radius 3 is 1.27 bits per heavy atom. The molecule has 0 spiro atoms. The van der Waals surface area contributed by atoms with E-state index in [1.165, 1.54) is 21.5 Å². The zero-order valence-electron chi connectivity index (χ0n) is 27.0. The fourth-order valence-electron chi connectivity index (χ4n) is 7.39. The average Bonchev–Trinajstić information content (AvgIpc) is 3.33. The number of benzene rings is 8. The molecule has 0 saturated carbocycles. The molecule has 232 valence electrons. The Kier molecular flexibility index (Phi) is 7.04. The second kappa shape index (κ2) is 11.7. The van der Waals surface area contributed by atoms with E-state index in [2.05, 4.69) is 164 Å². The monoisotopic (exact) mass is 639 g/mol. The first-order valence-corrected chi connectivity index (χ1v) is 17.9. The molecule has 0 aliphatic rings. The van der Waals surface area contributed by atoms with Crippen LogP contribution in [0.2, 0.25) is 0 Å². The summed E-state index contributed by atoms with van der Waals surface area (Å²) in [6.45, 7) is 5.99. The molecule has 9 aromatic rings. The predicted octanol–water partition coefficient (Wildman–Crippen LogP) is 13.2. The molecule has 0 saturated heterocycles. The Morgan fingerprint density at radius 1 is 0.438 bits per heavy atom. The second-order valence-electron chi connectivity index (χ2n) is 12.3. The average molecular weight is 640 g/mol. The molecule has 48 heavy (non-hydrogen) atoms. The topological polar surface area (TPSA) is 29.5 Å². The van der Waals surface area contributed by atoms with E-state index in [0.717, 1.165) is 78.8 Å². The van der Waals surface area contributed by atoms with Crippen LogP contribution in [0.5, 0.6) is 0 Å². The largest absolute Gasteiger partial charge is 0.407 e. The van der Waals surface area contributed by atoms with Crippen molar-refractivity contribution < 1.29 is 8.39 Å². The van der Waals surface area contributed by atoms with Gasteiger partial charge < -0.3 is 8.39 Å². The SMILES string of the molecule is CCN(CC)p1oc2c(c(-c3ccccc3)cc3ccc4ccccc4c32)c2c(-c3ccccc3)cc3ccc4ccccc4c3c2o1. The molecule has 0 bridgehead atoms. The lowest BCUT2D eigenvalue weighted by Gasteiger charge is -2.15. The van der Waals surface area contributed by atoms with Crippen molar-refractivity contribution in [3.63, 3.8) is 0 Å². The van der Waals surface area contributed by atoms with Crippen LogP contribution in [0, 0.1) is 0 Å². The summed E-state index contributed by atoms with van der Waals surface area (Å²) in [5.74, 6) is 0. The molecule has 0 fully saturated rings. The quantitative estimate of drug-likeness (QED) is 0.176. The molecule has 0 radical (unpaired) electrons. The van der Waals surface area contributed by atoms with Crippen LogP contribution in [0.4, 0.5) is 0 Å². The van der Waals surface area contributed by atoms with Gasteiger partial charge in [-0.15, -0.1) is 0 Å². The van der Waals surface area contributed by atoms with Crippen molar-refractivity contribution in [3.05, 3.63) is 146 Å². The minimum atomic E-state index is -1.52. The van der Waals surface area contributed by atoms with Gasteiger partial charge >= 0.3 is 8.16 Å². The lowest BCUT2D eigenvalue weighted by molar-refractivity contribution is 0.628. The van der Waals surface area contributed by atoms with Gasteiger partial charge in [0.25, 0.3) is 0 Å². The molecule has 0 atom stereocenters. The fourth-order valence-corrected chi connectivity index (χ4v) is 8.80. The van der Waals surface area contributed by atoms with Crippen LogP contribution in [-0.4, -0.2) is 13.1 Å². The van der Waals surface area contributed by atoms with E-state index in [0.29, 0.717) is 0 Å². The van der Waals surface area contributed by atoms with Gasteiger partial charge in [-0.2, -0.15) is 0 Å². The minimum absolute atomic E-state index is 0.807. The summed E-state index contributed by atoms with van der Waals surface area (Å²) in [5, 5.41) is 11.4. The molecular formula is C44H34NO2P. The first-order chi connectivity index (χ1) is 23.7. The van der Waals surface area contributed by atoms with Crippen molar-refractivity contribution in [2.45, 2.75) is 13.8 Å². The summed E-state index contributed by atoms with van der Waals surface area (Å²) in [6.07, 6.45) is 0. The standard InChI is InChI=1S/C44H34NO2P/c1-3-45(4-2)48-46-43-39-33(25-23-31-19-11-13-21-35(31)39)27-37(29-15-7-5-8-16-29)41(43)42-38(30-17-9-6-10-18-30)28-34-26-24-32-20-12-14-22-36(32)40(34)44(42)47-48/h5-28H,3-4H2,1-2H3. The van der Waals surface area contributed by atoms with Crippen LogP contribution < -0.4 is 4.67 Å². The summed E-state index contributed by atoms with van der Waals surface area (Å²) < 4.78 is 17.1. The maximum absolute atomic E-state index is 7.39. The van der Waals surface area contributed by atoms with Gasteiger partial charge in [0.15, 0.2) is 11.2 Å². The Hall–Kier alpha value is -5.34. The maximum Gasteiger partial charge on any atom is 0.309 e. The second-order valence-corrected chi connectivity index (χ2v) is 13.7. The summed E-state index contributed by atoms with van der Waals surface area (Å²) >= 11 is 0. The van der Waals surface area contributed by atoms with Crippen LogP contribution in [-0.2, 0) is 0 Å². The van der Waals surface area contributed by atoms with E-state index >= 15 is 0 Å². The molecular weight excluding hydrogens is 605 g/mol. The fraction of sp³-hybridized carbons (Fsp3) is 0.0909. The molecule has 3 nitrogen and oxygen atoms in total. The summed E-state index contributed by atoms with van der Waals surface area (Å²) in [5.41, 5.74) is 6.32. The van der Waals surface area contributed by atoms with Gasteiger partial charge in [-0.05, 0) is 66.7 Å². The molecule has 4 heteroatoms. The highest BCUT2D eigenvalue weighted by Crippen LogP contribution is 2.50. The van der Waals surface area contributed by atoms with E-state index in [9.17, 15) is 0 Å². The molecule has 0 N–H and O–H groups in total. The number of rotatable bonds is 5. The molecule has 8 aromatic carbocycles. The number of nitrogens with zero attached hydrogens (tertiary/aromatic N) is 1. The van der Waals surface area contributed by atoms with E-state index < -0.39 is 8.16 Å². The zero-order chi connectivity index (χ0) is 32.2. The lowest BCUT2D eigenvalue weighted by Crippen LogP contribution is -2.17. The van der Waals surface area contributed by atoms with Crippen LogP contribution in [0.3, 0.4) is 0 Å². The van der Waals surface area contributed by atoms with Crippen molar-refractivity contribution in [1.29, 1.82) is 0 Å². The Balaban J connectivity index is 1.67. The molecule has 9 rings (SSSR count). The smallest absolute Gasteiger partial charge is 0.309 e. The van der Waals surface area contributed by atoms with Crippen molar-refractivity contribution >= 4 is 73.2 Å². The highest BCUT2D eigenvalue weighted by atomic mass is 31.1. The van der Waals surface area contributed by atoms with Gasteiger partial charge in [-0.1, -0.05) is 147 Å². The molecule has 1 aromatic heterocycles. The third-order valence-corrected chi connectivity index (χ3v) is 11.4. The molecule has 0 aliphatic carbocycles. The van der Waals surface area contributed by atoms with Crippen LogP contribution in [0.25, 0.3) is 87.3 Å². The number of hydrogen-bond donors (Lipinski definition) is 0. The lowest BCUT2D eigenvalue weighted by atomic mass is 9.88. The zero-order valence-corrected chi connectivity index (χ0v) is 27.9. The molecule has 0 unspecified atom stereocenters. The van der Waals surface area contributed by atoms with Gasteiger partial charge in [-0.25, -0.2) is 4.67 Å². The minimum Gasteiger partial charge on any atom is -0.407 e. The number of fused-ring (bicyclic) bond motifs is 11. The Labute approximate surface area is 280 Å². The summed E-state index contributed by atoms with van der Waals surface area (Å²) in [4.78, 5) is 0. The van der Waals surface area contributed by atoms with Crippen molar-refractivity contribution in [1.82, 2.24) is 0 Å². The third kappa shape index (κ3) is 4.54. The summed E-state index contributed by atoms with van der Waals surface area (Å²) in [6, 6.07) is 52.4. The van der Waals surface area contributed by atoms with Crippen molar-refractivity contribution in [2.75, 3.05) is 17.8 Å². The molecule has 0 aliphatic heterocycles. The third-order valence-electron chi connectivity index (χ3n) is 9.69. The van der Waals surface area contributed by atoms with Gasteiger partial charge in [0.2, 0.25) is 0 Å². The number of hydrogen-bond acceptors (Lipinski definition) is 3. The highest BCUT2D eigenvalue weighted by molar-refractivity contribution is 7.39. The highest BCUT2D eigenvalue weighted by Gasteiger charge is 2.23. The van der Waals surface area contributed by atoms with Gasteiger partial charge in [0.1, 0.15) is 0 Å². The van der Waals surface area contributed by atoms with Crippen LogP contribution >= 0.6 is 8.16 Å². The predicted molar refractivity (Wildman–Crippen MR) is 207 cm³/mol. The first-order valence-electron chi connectivity index (χ1n) is 16.7. The van der Waals surface area contributed by atoms with E-state index in [1.54, 1.807) is 0 Å². The van der Waals surface area contributed by atoms with E-state index in [1.807, 2.05) is 0 Å². The normalized spacial score (nSPS) is 11.9. The first kappa shape index (κ1) is 28.8. The summed E-state index contributed by atoms with van der Waals surface area (Å²) in [7, 11) is -1.52. The van der Waals surface area contributed by atoms with E-state index in [-0.39, 0.29) is 0 Å². The van der Waals surface area contributed by atoms with Gasteiger partial charge in [0.05, 0.1) is 0 Å². The van der Waals surface area contributed by atoms with Gasteiger partial charge in [-0.3, -0.25) is 0 Å². The maximum atomic E-state index is 7.39.